The van der Waals surface area contributed by atoms with E-state index in [2.05, 4.69) is 4.98 Å². The SMILES string of the molecule is CC.Fc1ccc(CSCc2ccccn2)cc1. The summed E-state index contributed by atoms with van der Waals surface area (Å²) in [6.07, 6.45) is 1.80. The van der Waals surface area contributed by atoms with Crippen LogP contribution in [0, 0.1) is 5.82 Å². The quantitative estimate of drug-likeness (QED) is 0.794. The lowest BCUT2D eigenvalue weighted by molar-refractivity contribution is 0.627. The fraction of sp³-hybridized carbons (Fsp3) is 0.267. The van der Waals surface area contributed by atoms with Crippen molar-refractivity contribution in [1.82, 2.24) is 4.98 Å². The first-order chi connectivity index (χ1) is 8.84. The van der Waals surface area contributed by atoms with Crippen LogP contribution >= 0.6 is 11.8 Å². The molecule has 0 unspecified atom stereocenters. The van der Waals surface area contributed by atoms with Crippen molar-refractivity contribution in [3.8, 4) is 0 Å². The summed E-state index contributed by atoms with van der Waals surface area (Å²) in [5, 5.41) is 0. The number of nitrogens with zero attached hydrogens (tertiary/aromatic N) is 1. The first-order valence-electron chi connectivity index (χ1n) is 6.07. The van der Waals surface area contributed by atoms with Crippen LogP contribution in [-0.4, -0.2) is 4.98 Å². The first-order valence-corrected chi connectivity index (χ1v) is 7.22. The van der Waals surface area contributed by atoms with Gasteiger partial charge in [-0.05, 0) is 29.8 Å². The molecule has 1 nitrogen and oxygen atoms in total. The Bertz CT molecular complexity index is 428. The van der Waals surface area contributed by atoms with E-state index in [4.69, 9.17) is 0 Å². The standard InChI is InChI=1S/C13H12FNS.C2H6/c14-12-6-4-11(5-7-12)9-16-10-13-3-1-2-8-15-13;1-2/h1-8H,9-10H2;1-2H3. The molecule has 0 bridgehead atoms. The third-order valence-electron chi connectivity index (χ3n) is 2.16. The Kier molecular flexibility index (Phi) is 7.11. The summed E-state index contributed by atoms with van der Waals surface area (Å²) in [6.45, 7) is 4.00. The summed E-state index contributed by atoms with van der Waals surface area (Å²) in [6, 6.07) is 12.5. The maximum Gasteiger partial charge on any atom is 0.123 e. The zero-order valence-corrected chi connectivity index (χ0v) is 11.6. The van der Waals surface area contributed by atoms with Crippen LogP contribution in [0.5, 0.6) is 0 Å². The fourth-order valence-corrected chi connectivity index (χ4v) is 2.25. The van der Waals surface area contributed by atoms with Crippen molar-refractivity contribution in [2.24, 2.45) is 0 Å². The van der Waals surface area contributed by atoms with E-state index in [9.17, 15) is 4.39 Å². The monoisotopic (exact) mass is 263 g/mol. The summed E-state index contributed by atoms with van der Waals surface area (Å²) in [5.74, 6) is 1.59. The van der Waals surface area contributed by atoms with Crippen molar-refractivity contribution in [2.75, 3.05) is 0 Å². The lowest BCUT2D eigenvalue weighted by Gasteiger charge is -2.01. The van der Waals surface area contributed by atoms with Gasteiger partial charge in [0.05, 0.1) is 5.69 Å². The minimum atomic E-state index is -0.182. The highest BCUT2D eigenvalue weighted by Gasteiger charge is 1.96. The normalized spacial score (nSPS) is 9.50. The molecular weight excluding hydrogens is 245 g/mol. The number of aromatic nitrogens is 1. The van der Waals surface area contributed by atoms with Crippen molar-refractivity contribution >= 4 is 11.8 Å². The Morgan fingerprint density at radius 2 is 1.72 bits per heavy atom. The molecule has 2 rings (SSSR count). The van der Waals surface area contributed by atoms with Gasteiger partial charge in [-0.1, -0.05) is 32.0 Å². The summed E-state index contributed by atoms with van der Waals surface area (Å²) in [5.41, 5.74) is 2.22. The zero-order valence-electron chi connectivity index (χ0n) is 10.8. The van der Waals surface area contributed by atoms with E-state index in [1.807, 2.05) is 44.2 Å². The van der Waals surface area contributed by atoms with E-state index in [0.717, 1.165) is 22.8 Å². The van der Waals surface area contributed by atoms with Gasteiger partial charge in [-0.15, -0.1) is 0 Å². The smallest absolute Gasteiger partial charge is 0.123 e. The molecule has 0 radical (unpaired) electrons. The van der Waals surface area contributed by atoms with Gasteiger partial charge in [0.2, 0.25) is 0 Å². The number of hydrogen-bond acceptors (Lipinski definition) is 2. The Labute approximate surface area is 112 Å². The molecule has 3 heteroatoms. The molecule has 0 spiro atoms. The highest BCUT2D eigenvalue weighted by molar-refractivity contribution is 7.97. The number of halogens is 1. The fourth-order valence-electron chi connectivity index (χ4n) is 1.34. The van der Waals surface area contributed by atoms with Crippen molar-refractivity contribution in [2.45, 2.75) is 25.4 Å². The van der Waals surface area contributed by atoms with Crippen LogP contribution in [0.4, 0.5) is 4.39 Å². The second-order valence-corrected chi connectivity index (χ2v) is 4.43. The minimum Gasteiger partial charge on any atom is -0.260 e. The predicted octanol–water partition coefficient (Wildman–Crippen LogP) is 4.68. The molecule has 0 fully saturated rings. The molecule has 1 aromatic carbocycles. The molecule has 0 aliphatic carbocycles. The van der Waals surface area contributed by atoms with Crippen LogP contribution in [0.15, 0.2) is 48.7 Å². The molecule has 0 aliphatic rings. The van der Waals surface area contributed by atoms with Gasteiger partial charge < -0.3 is 0 Å². The molecule has 2 aromatic rings. The Morgan fingerprint density at radius 3 is 2.33 bits per heavy atom. The first kappa shape index (κ1) is 14.7. The molecule has 0 atom stereocenters. The largest absolute Gasteiger partial charge is 0.260 e. The lowest BCUT2D eigenvalue weighted by Crippen LogP contribution is -1.86. The van der Waals surface area contributed by atoms with Crippen molar-refractivity contribution < 1.29 is 4.39 Å². The second-order valence-electron chi connectivity index (χ2n) is 3.44. The van der Waals surface area contributed by atoms with Gasteiger partial charge in [0.15, 0.2) is 0 Å². The van der Waals surface area contributed by atoms with Gasteiger partial charge >= 0.3 is 0 Å². The van der Waals surface area contributed by atoms with E-state index in [1.54, 1.807) is 18.0 Å². The average molecular weight is 263 g/mol. The molecule has 0 amide bonds. The van der Waals surface area contributed by atoms with Gasteiger partial charge in [-0.25, -0.2) is 4.39 Å². The molecule has 18 heavy (non-hydrogen) atoms. The van der Waals surface area contributed by atoms with E-state index in [1.165, 1.54) is 12.1 Å². The second kappa shape index (κ2) is 8.70. The summed E-state index contributed by atoms with van der Waals surface area (Å²) in [4.78, 5) is 4.24. The average Bonchev–Trinajstić information content (AvgIpc) is 2.44. The highest BCUT2D eigenvalue weighted by atomic mass is 32.2. The summed E-state index contributed by atoms with van der Waals surface area (Å²) < 4.78 is 12.7. The molecule has 1 aromatic heterocycles. The molecule has 0 aliphatic heterocycles. The zero-order chi connectivity index (χ0) is 13.2. The lowest BCUT2D eigenvalue weighted by atomic mass is 10.2. The van der Waals surface area contributed by atoms with E-state index in [-0.39, 0.29) is 5.82 Å². The van der Waals surface area contributed by atoms with Crippen LogP contribution in [0.3, 0.4) is 0 Å². The Morgan fingerprint density at radius 1 is 1.00 bits per heavy atom. The van der Waals surface area contributed by atoms with Gasteiger partial charge in [-0.3, -0.25) is 4.98 Å². The molecule has 0 N–H and O–H groups in total. The molecule has 1 heterocycles. The summed E-state index contributed by atoms with van der Waals surface area (Å²) >= 11 is 1.78. The Hall–Kier alpha value is -1.35. The number of thioether (sulfide) groups is 1. The minimum absolute atomic E-state index is 0.182. The molecular formula is C15H18FNS. The number of hydrogen-bond donors (Lipinski definition) is 0. The third kappa shape index (κ3) is 5.32. The third-order valence-corrected chi connectivity index (χ3v) is 3.20. The van der Waals surface area contributed by atoms with Gasteiger partial charge in [0.1, 0.15) is 5.82 Å². The molecule has 96 valence electrons. The van der Waals surface area contributed by atoms with Crippen molar-refractivity contribution in [3.05, 3.63) is 65.7 Å². The maximum atomic E-state index is 12.7. The van der Waals surface area contributed by atoms with Crippen LogP contribution in [0.1, 0.15) is 25.1 Å². The molecule has 0 saturated carbocycles. The van der Waals surface area contributed by atoms with E-state index < -0.39 is 0 Å². The van der Waals surface area contributed by atoms with E-state index >= 15 is 0 Å². The number of pyridine rings is 1. The van der Waals surface area contributed by atoms with Crippen LogP contribution in [-0.2, 0) is 11.5 Å². The van der Waals surface area contributed by atoms with Gasteiger partial charge in [-0.2, -0.15) is 11.8 Å². The van der Waals surface area contributed by atoms with Crippen molar-refractivity contribution in [3.63, 3.8) is 0 Å². The highest BCUT2D eigenvalue weighted by Crippen LogP contribution is 2.16. The maximum absolute atomic E-state index is 12.7. The Balaban J connectivity index is 0.000000771. The topological polar surface area (TPSA) is 12.9 Å². The van der Waals surface area contributed by atoms with Crippen LogP contribution in [0.25, 0.3) is 0 Å². The number of rotatable bonds is 4. The van der Waals surface area contributed by atoms with Gasteiger partial charge in [0.25, 0.3) is 0 Å². The van der Waals surface area contributed by atoms with Crippen LogP contribution in [0.2, 0.25) is 0 Å². The summed E-state index contributed by atoms with van der Waals surface area (Å²) in [7, 11) is 0. The van der Waals surface area contributed by atoms with E-state index in [0.29, 0.717) is 0 Å². The molecule has 0 saturated heterocycles. The predicted molar refractivity (Wildman–Crippen MR) is 77.0 cm³/mol. The van der Waals surface area contributed by atoms with Gasteiger partial charge in [0, 0.05) is 17.7 Å². The van der Waals surface area contributed by atoms with Crippen LogP contribution < -0.4 is 0 Å². The number of benzene rings is 1. The van der Waals surface area contributed by atoms with Crippen molar-refractivity contribution in [1.29, 1.82) is 0 Å².